The van der Waals surface area contributed by atoms with Crippen molar-refractivity contribution in [2.24, 2.45) is 0 Å². The smallest absolute Gasteiger partial charge is 0.253 e. The maximum absolute atomic E-state index is 12.4. The van der Waals surface area contributed by atoms with Gasteiger partial charge in [-0.15, -0.1) is 5.10 Å². The summed E-state index contributed by atoms with van der Waals surface area (Å²) in [6.07, 6.45) is 1.68. The summed E-state index contributed by atoms with van der Waals surface area (Å²) in [5, 5.41) is 12.2. The van der Waals surface area contributed by atoms with E-state index in [1.807, 2.05) is 32.0 Å². The van der Waals surface area contributed by atoms with Crippen molar-refractivity contribution in [1.82, 2.24) is 29.4 Å². The molecule has 4 rings (SSSR count). The minimum atomic E-state index is -0.138. The molecular formula is C20H21N7OS. The van der Waals surface area contributed by atoms with E-state index in [0.717, 1.165) is 17.0 Å². The van der Waals surface area contributed by atoms with E-state index < -0.39 is 0 Å². The minimum absolute atomic E-state index is 0.138. The Morgan fingerprint density at radius 1 is 1.14 bits per heavy atom. The summed E-state index contributed by atoms with van der Waals surface area (Å²) in [5.41, 5.74) is 4.16. The molecule has 9 heteroatoms. The number of hydrogen-bond acceptors (Lipinski definition) is 6. The number of carbonyl (C=O) groups is 1. The second-order valence-electron chi connectivity index (χ2n) is 6.85. The van der Waals surface area contributed by atoms with Gasteiger partial charge in [-0.05, 0) is 32.4 Å². The van der Waals surface area contributed by atoms with E-state index in [1.54, 1.807) is 21.5 Å². The van der Waals surface area contributed by atoms with Crippen molar-refractivity contribution in [2.75, 3.05) is 11.1 Å². The van der Waals surface area contributed by atoms with Gasteiger partial charge in [-0.1, -0.05) is 41.6 Å². The highest BCUT2D eigenvalue weighted by Crippen LogP contribution is 2.17. The fraction of sp³-hybridized carbons (Fsp3) is 0.250. The third-order valence-corrected chi connectivity index (χ3v) is 5.17. The van der Waals surface area contributed by atoms with Crippen molar-refractivity contribution in [3.63, 3.8) is 0 Å². The summed E-state index contributed by atoms with van der Waals surface area (Å²) < 4.78 is 3.46. The van der Waals surface area contributed by atoms with Crippen LogP contribution in [0.15, 0.2) is 47.8 Å². The van der Waals surface area contributed by atoms with Crippen molar-refractivity contribution >= 4 is 29.3 Å². The zero-order valence-electron chi connectivity index (χ0n) is 16.5. The molecule has 0 aliphatic rings. The Kier molecular flexibility index (Phi) is 5.30. The van der Waals surface area contributed by atoms with Crippen LogP contribution in [0.4, 0.5) is 5.82 Å². The Hall–Kier alpha value is -3.20. The van der Waals surface area contributed by atoms with Crippen molar-refractivity contribution in [1.29, 1.82) is 0 Å². The molecule has 0 atom stereocenters. The molecule has 148 valence electrons. The number of anilines is 1. The number of carbonyl (C=O) groups excluding carboxylic acids is 1. The standard InChI is InChI=1S/C20H21N7OS/c1-13-5-4-6-16(9-13)11-26-17(7-8-21-26)23-18(28)12-29-20-24-19-22-14(2)10-15(3)27(19)25-20/h4-10H,11-12H2,1-3H3,(H,23,28). The molecule has 0 radical (unpaired) electrons. The zero-order valence-corrected chi connectivity index (χ0v) is 17.3. The van der Waals surface area contributed by atoms with E-state index >= 15 is 0 Å². The monoisotopic (exact) mass is 407 g/mol. The minimum Gasteiger partial charge on any atom is -0.310 e. The number of hydrogen-bond donors (Lipinski definition) is 1. The summed E-state index contributed by atoms with van der Waals surface area (Å²) in [4.78, 5) is 21.2. The molecule has 1 amide bonds. The van der Waals surface area contributed by atoms with Crippen LogP contribution in [0.3, 0.4) is 0 Å². The van der Waals surface area contributed by atoms with Gasteiger partial charge in [-0.2, -0.15) is 10.1 Å². The lowest BCUT2D eigenvalue weighted by molar-refractivity contribution is -0.113. The van der Waals surface area contributed by atoms with Crippen molar-refractivity contribution in [2.45, 2.75) is 32.5 Å². The van der Waals surface area contributed by atoms with Crippen LogP contribution in [-0.2, 0) is 11.3 Å². The van der Waals surface area contributed by atoms with E-state index in [1.165, 1.54) is 17.3 Å². The molecule has 4 aromatic rings. The van der Waals surface area contributed by atoms with Gasteiger partial charge in [0.2, 0.25) is 11.1 Å². The largest absolute Gasteiger partial charge is 0.310 e. The highest BCUT2D eigenvalue weighted by Gasteiger charge is 2.12. The topological polar surface area (TPSA) is 90.0 Å². The van der Waals surface area contributed by atoms with Crippen LogP contribution in [0.1, 0.15) is 22.5 Å². The molecule has 0 fully saturated rings. The number of aromatic nitrogens is 6. The molecule has 1 aromatic carbocycles. The average Bonchev–Trinajstić information content (AvgIpc) is 3.27. The second-order valence-corrected chi connectivity index (χ2v) is 7.79. The van der Waals surface area contributed by atoms with Gasteiger partial charge in [-0.25, -0.2) is 14.2 Å². The number of benzene rings is 1. The van der Waals surface area contributed by atoms with Crippen molar-refractivity contribution in [3.8, 4) is 0 Å². The van der Waals surface area contributed by atoms with Crippen LogP contribution in [0.25, 0.3) is 5.78 Å². The SMILES string of the molecule is Cc1cccc(Cn2nccc2NC(=O)CSc2nc3nc(C)cc(C)n3n2)c1. The molecule has 0 aliphatic heterocycles. The quantitative estimate of drug-likeness (QED) is 0.494. The fourth-order valence-corrected chi connectivity index (χ4v) is 3.68. The predicted molar refractivity (Wildman–Crippen MR) is 112 cm³/mol. The highest BCUT2D eigenvalue weighted by molar-refractivity contribution is 7.99. The first-order valence-corrected chi connectivity index (χ1v) is 10.2. The average molecular weight is 408 g/mol. The number of aryl methyl sites for hydroxylation is 3. The lowest BCUT2D eigenvalue weighted by atomic mass is 10.1. The summed E-state index contributed by atoms with van der Waals surface area (Å²) in [6.45, 7) is 6.52. The molecule has 29 heavy (non-hydrogen) atoms. The van der Waals surface area contributed by atoms with Gasteiger partial charge >= 0.3 is 0 Å². The molecule has 3 heterocycles. The Labute approximate surface area is 172 Å². The molecule has 8 nitrogen and oxygen atoms in total. The van der Waals surface area contributed by atoms with Gasteiger partial charge in [0, 0.05) is 17.5 Å². The van der Waals surface area contributed by atoms with Gasteiger partial charge in [0.05, 0.1) is 18.5 Å². The summed E-state index contributed by atoms with van der Waals surface area (Å²) in [7, 11) is 0. The zero-order chi connectivity index (χ0) is 20.4. The maximum Gasteiger partial charge on any atom is 0.253 e. The molecule has 0 saturated carbocycles. The van der Waals surface area contributed by atoms with Crippen molar-refractivity contribution in [3.05, 3.63) is 65.1 Å². The number of rotatable bonds is 6. The molecular weight excluding hydrogens is 386 g/mol. The summed E-state index contributed by atoms with van der Waals surface area (Å²) >= 11 is 1.28. The van der Waals surface area contributed by atoms with Crippen LogP contribution in [0, 0.1) is 20.8 Å². The molecule has 0 bridgehead atoms. The number of amides is 1. The Bertz CT molecular complexity index is 1180. The van der Waals surface area contributed by atoms with E-state index in [2.05, 4.69) is 44.5 Å². The lowest BCUT2D eigenvalue weighted by Crippen LogP contribution is -2.18. The van der Waals surface area contributed by atoms with Crippen molar-refractivity contribution < 1.29 is 4.79 Å². The van der Waals surface area contributed by atoms with Gasteiger partial charge in [0.1, 0.15) is 5.82 Å². The number of fused-ring (bicyclic) bond motifs is 1. The fourth-order valence-electron chi connectivity index (χ4n) is 3.07. The van der Waals surface area contributed by atoms with Crippen LogP contribution >= 0.6 is 11.8 Å². The van der Waals surface area contributed by atoms with Gasteiger partial charge in [0.15, 0.2) is 0 Å². The van der Waals surface area contributed by atoms with Gasteiger partial charge in [-0.3, -0.25) is 4.79 Å². The lowest BCUT2D eigenvalue weighted by Gasteiger charge is -2.09. The number of thioether (sulfide) groups is 1. The molecule has 0 aliphatic carbocycles. The predicted octanol–water partition coefficient (Wildman–Crippen LogP) is 3.03. The van der Waals surface area contributed by atoms with E-state index in [-0.39, 0.29) is 11.7 Å². The first-order chi connectivity index (χ1) is 14.0. The third kappa shape index (κ3) is 4.45. The molecule has 0 unspecified atom stereocenters. The molecule has 3 aromatic heterocycles. The van der Waals surface area contributed by atoms with Gasteiger partial charge < -0.3 is 5.32 Å². The summed E-state index contributed by atoms with van der Waals surface area (Å²) in [6, 6.07) is 12.0. The van der Waals surface area contributed by atoms with Crippen LogP contribution in [0.2, 0.25) is 0 Å². The Morgan fingerprint density at radius 3 is 2.83 bits per heavy atom. The normalized spacial score (nSPS) is 11.1. The van der Waals surface area contributed by atoms with E-state index in [9.17, 15) is 4.79 Å². The van der Waals surface area contributed by atoms with Crippen LogP contribution in [0.5, 0.6) is 0 Å². The first-order valence-electron chi connectivity index (χ1n) is 9.19. The molecule has 0 spiro atoms. The van der Waals surface area contributed by atoms with E-state index in [0.29, 0.717) is 23.3 Å². The Morgan fingerprint density at radius 2 is 2.00 bits per heavy atom. The summed E-state index contributed by atoms with van der Waals surface area (Å²) in [5.74, 6) is 1.26. The number of nitrogens with one attached hydrogen (secondary N) is 1. The first kappa shape index (κ1) is 19.1. The molecule has 1 N–H and O–H groups in total. The molecule has 0 saturated heterocycles. The maximum atomic E-state index is 12.4. The Balaban J connectivity index is 1.39. The number of nitrogens with zero attached hydrogens (tertiary/aromatic N) is 6. The van der Waals surface area contributed by atoms with Crippen LogP contribution in [-0.4, -0.2) is 41.0 Å². The van der Waals surface area contributed by atoms with Gasteiger partial charge in [0.25, 0.3) is 5.78 Å². The third-order valence-electron chi connectivity index (χ3n) is 4.33. The highest BCUT2D eigenvalue weighted by atomic mass is 32.2. The second kappa shape index (κ2) is 8.04. The van der Waals surface area contributed by atoms with E-state index in [4.69, 9.17) is 0 Å². The van der Waals surface area contributed by atoms with Crippen LogP contribution < -0.4 is 5.32 Å².